The van der Waals surface area contributed by atoms with Crippen molar-refractivity contribution >= 4 is 23.6 Å². The van der Waals surface area contributed by atoms with Crippen molar-refractivity contribution in [3.63, 3.8) is 0 Å². The molecule has 0 radical (unpaired) electrons. The number of ether oxygens (including phenoxy) is 1. The van der Waals surface area contributed by atoms with Gasteiger partial charge in [-0.2, -0.15) is 0 Å². The zero-order valence-electron chi connectivity index (χ0n) is 22.8. The summed E-state index contributed by atoms with van der Waals surface area (Å²) in [5, 5.41) is 5.87. The molecule has 1 fully saturated rings. The van der Waals surface area contributed by atoms with E-state index in [1.165, 1.54) is 0 Å². The molecule has 3 amide bonds. The number of nitrogens with one attached hydrogen (secondary N) is 2. The van der Waals surface area contributed by atoms with Gasteiger partial charge >= 0.3 is 6.09 Å². The van der Waals surface area contributed by atoms with Crippen LogP contribution in [0, 0.1) is 0 Å². The number of likely N-dealkylation sites (tertiary alicyclic amines) is 1. The molecule has 0 saturated carbocycles. The third-order valence-corrected chi connectivity index (χ3v) is 6.98. The summed E-state index contributed by atoms with van der Waals surface area (Å²) in [5.41, 5.74) is 9.42. The lowest BCUT2D eigenvalue weighted by atomic mass is 10.0. The van der Waals surface area contributed by atoms with Crippen molar-refractivity contribution in [2.24, 2.45) is 5.73 Å². The maximum absolute atomic E-state index is 12.8. The van der Waals surface area contributed by atoms with E-state index in [4.69, 9.17) is 10.5 Å². The van der Waals surface area contributed by atoms with Crippen molar-refractivity contribution in [1.82, 2.24) is 15.1 Å². The van der Waals surface area contributed by atoms with E-state index in [2.05, 4.69) is 15.5 Å². The number of rotatable bonds is 11. The molecule has 40 heavy (non-hydrogen) atoms. The molecule has 3 aromatic carbocycles. The number of anilines is 1. The Hall–Kier alpha value is -4.21. The highest BCUT2D eigenvalue weighted by Gasteiger charge is 2.23. The number of likely N-dealkylation sites (N-methyl/N-ethyl adjacent to an activating group) is 1. The van der Waals surface area contributed by atoms with Crippen molar-refractivity contribution in [2.75, 3.05) is 45.1 Å². The number of carbonyl (C=O) groups excluding carboxylic acids is 3. The number of hydrogen-bond donors (Lipinski definition) is 3. The van der Waals surface area contributed by atoms with E-state index < -0.39 is 12.0 Å². The summed E-state index contributed by atoms with van der Waals surface area (Å²) >= 11 is 0. The molecule has 1 saturated heterocycles. The Labute approximate surface area is 235 Å². The van der Waals surface area contributed by atoms with E-state index in [0.717, 1.165) is 54.9 Å². The van der Waals surface area contributed by atoms with Crippen LogP contribution in [0.2, 0.25) is 0 Å². The number of primary amides is 1. The maximum atomic E-state index is 12.8. The Bertz CT molecular complexity index is 1270. The number of benzene rings is 3. The Balaban J connectivity index is 1.18. The van der Waals surface area contributed by atoms with Gasteiger partial charge in [0, 0.05) is 50.9 Å². The van der Waals surface area contributed by atoms with E-state index in [0.29, 0.717) is 18.7 Å². The summed E-state index contributed by atoms with van der Waals surface area (Å²) in [6, 6.07) is 25.0. The second-order valence-electron chi connectivity index (χ2n) is 9.98. The zero-order chi connectivity index (χ0) is 28.3. The Morgan fingerprint density at radius 1 is 0.950 bits per heavy atom. The van der Waals surface area contributed by atoms with Crippen molar-refractivity contribution in [2.45, 2.75) is 25.5 Å². The lowest BCUT2D eigenvalue weighted by Crippen LogP contribution is -2.42. The topological polar surface area (TPSA) is 117 Å². The Morgan fingerprint density at radius 2 is 1.62 bits per heavy atom. The van der Waals surface area contributed by atoms with Crippen LogP contribution in [0.4, 0.5) is 10.5 Å². The van der Waals surface area contributed by atoms with Gasteiger partial charge in [-0.25, -0.2) is 4.79 Å². The minimum Gasteiger partial charge on any atom is -0.446 e. The lowest BCUT2D eigenvalue weighted by Gasteiger charge is -2.32. The highest BCUT2D eigenvalue weighted by molar-refractivity contribution is 5.94. The van der Waals surface area contributed by atoms with Crippen molar-refractivity contribution in [1.29, 1.82) is 0 Å². The van der Waals surface area contributed by atoms with Crippen LogP contribution in [-0.4, -0.2) is 73.6 Å². The molecule has 0 unspecified atom stereocenters. The molecule has 4 N–H and O–H groups in total. The molecule has 9 heteroatoms. The van der Waals surface area contributed by atoms with E-state index in [1.807, 2.05) is 66.7 Å². The van der Waals surface area contributed by atoms with E-state index in [-0.39, 0.29) is 18.6 Å². The van der Waals surface area contributed by atoms with Gasteiger partial charge in [-0.3, -0.25) is 14.9 Å². The van der Waals surface area contributed by atoms with Gasteiger partial charge in [-0.15, -0.1) is 0 Å². The molecular formula is C31H37N5O4. The van der Waals surface area contributed by atoms with Crippen LogP contribution in [-0.2, 0) is 16.1 Å². The second kappa shape index (κ2) is 14.3. The number of hydrogen-bond acceptors (Lipinski definition) is 6. The van der Waals surface area contributed by atoms with Crippen LogP contribution < -0.4 is 16.4 Å². The van der Waals surface area contributed by atoms with Crippen LogP contribution in [0.25, 0.3) is 11.1 Å². The molecule has 0 spiro atoms. The van der Waals surface area contributed by atoms with Crippen LogP contribution in [0.5, 0.6) is 0 Å². The molecule has 9 nitrogen and oxygen atoms in total. The second-order valence-corrected chi connectivity index (χ2v) is 9.98. The predicted octanol–water partition coefficient (Wildman–Crippen LogP) is 3.71. The van der Waals surface area contributed by atoms with Crippen LogP contribution in [0.15, 0.2) is 78.9 Å². The SMILES string of the molecule is CN(CCN1CCC(OC(=O)Nc2ccccc2-c2ccccc2)CC1)C(=O)c1ccc(CNCC(N)=O)cc1. The predicted molar refractivity (Wildman–Crippen MR) is 156 cm³/mol. The quantitative estimate of drug-likeness (QED) is 0.340. The summed E-state index contributed by atoms with van der Waals surface area (Å²) < 4.78 is 5.73. The summed E-state index contributed by atoms with van der Waals surface area (Å²) in [7, 11) is 1.80. The zero-order valence-corrected chi connectivity index (χ0v) is 22.8. The fourth-order valence-corrected chi connectivity index (χ4v) is 4.71. The first-order valence-electron chi connectivity index (χ1n) is 13.6. The normalized spacial score (nSPS) is 13.9. The number of nitrogens with zero attached hydrogens (tertiary/aromatic N) is 2. The van der Waals surface area contributed by atoms with Crippen molar-refractivity contribution in [3.8, 4) is 11.1 Å². The van der Waals surface area contributed by atoms with E-state index in [9.17, 15) is 14.4 Å². The molecule has 0 atom stereocenters. The van der Waals surface area contributed by atoms with Gasteiger partial charge in [-0.05, 0) is 42.2 Å². The number of nitrogens with two attached hydrogens (primary N) is 1. The highest BCUT2D eigenvalue weighted by Crippen LogP contribution is 2.28. The molecule has 4 rings (SSSR count). The number of piperidine rings is 1. The molecule has 1 aliphatic heterocycles. The molecule has 1 aliphatic rings. The van der Waals surface area contributed by atoms with Crippen LogP contribution >= 0.6 is 0 Å². The first kappa shape index (κ1) is 28.8. The molecule has 0 bridgehead atoms. The summed E-state index contributed by atoms with van der Waals surface area (Å²) in [4.78, 5) is 40.3. The first-order chi connectivity index (χ1) is 19.4. The average Bonchev–Trinajstić information content (AvgIpc) is 2.97. The standard InChI is InChI=1S/C31H37N5O4/c1-35(30(38)25-13-11-23(12-14-25)21-33-22-29(32)37)19-20-36-17-15-26(16-18-36)40-31(39)34-28-10-6-5-9-27(28)24-7-3-2-4-8-24/h2-14,26,33H,15-22H2,1H3,(H2,32,37)(H,34,39). The number of amides is 3. The fourth-order valence-electron chi connectivity index (χ4n) is 4.71. The largest absolute Gasteiger partial charge is 0.446 e. The smallest absolute Gasteiger partial charge is 0.411 e. The van der Waals surface area contributed by atoms with Gasteiger partial charge in [-0.1, -0.05) is 60.7 Å². The van der Waals surface area contributed by atoms with E-state index in [1.54, 1.807) is 24.1 Å². The average molecular weight is 544 g/mol. The van der Waals surface area contributed by atoms with Gasteiger partial charge in [0.05, 0.1) is 12.2 Å². The van der Waals surface area contributed by atoms with Gasteiger partial charge in [0.1, 0.15) is 6.10 Å². The first-order valence-corrected chi connectivity index (χ1v) is 13.6. The molecule has 1 heterocycles. The summed E-state index contributed by atoms with van der Waals surface area (Å²) in [6.45, 7) is 3.57. The molecular weight excluding hydrogens is 506 g/mol. The van der Waals surface area contributed by atoms with Gasteiger partial charge in [0.2, 0.25) is 5.91 Å². The molecule has 210 valence electrons. The Kier molecular flexibility index (Phi) is 10.3. The summed E-state index contributed by atoms with van der Waals surface area (Å²) in [5.74, 6) is -0.446. The third kappa shape index (κ3) is 8.39. The van der Waals surface area contributed by atoms with Crippen LogP contribution in [0.3, 0.4) is 0 Å². The Morgan fingerprint density at radius 3 is 2.33 bits per heavy atom. The van der Waals surface area contributed by atoms with E-state index >= 15 is 0 Å². The number of para-hydroxylation sites is 1. The number of carbonyl (C=O) groups is 3. The maximum Gasteiger partial charge on any atom is 0.411 e. The van der Waals surface area contributed by atoms with Gasteiger partial charge in [0.15, 0.2) is 0 Å². The van der Waals surface area contributed by atoms with Gasteiger partial charge in [0.25, 0.3) is 5.91 Å². The van der Waals surface area contributed by atoms with Gasteiger partial charge < -0.3 is 25.6 Å². The molecule has 3 aromatic rings. The third-order valence-electron chi connectivity index (χ3n) is 6.98. The molecule has 0 aromatic heterocycles. The minimum atomic E-state index is -0.443. The monoisotopic (exact) mass is 543 g/mol. The lowest BCUT2D eigenvalue weighted by molar-refractivity contribution is -0.117. The highest BCUT2D eigenvalue weighted by atomic mass is 16.6. The van der Waals surface area contributed by atoms with Crippen molar-refractivity contribution in [3.05, 3.63) is 90.0 Å². The fraction of sp³-hybridized carbons (Fsp3) is 0.323. The minimum absolute atomic E-state index is 0.0395. The molecule has 0 aliphatic carbocycles. The summed E-state index contributed by atoms with van der Waals surface area (Å²) in [6.07, 6.45) is 0.908. The van der Waals surface area contributed by atoms with Crippen molar-refractivity contribution < 1.29 is 19.1 Å². The van der Waals surface area contributed by atoms with Crippen LogP contribution in [0.1, 0.15) is 28.8 Å².